The van der Waals surface area contributed by atoms with Crippen LogP contribution in [0.1, 0.15) is 21.0 Å². The lowest BCUT2D eigenvalue weighted by molar-refractivity contribution is 0.0679. The summed E-state index contributed by atoms with van der Waals surface area (Å²) in [6.07, 6.45) is 3.78. The number of rotatable bonds is 5. The van der Waals surface area contributed by atoms with Crippen LogP contribution in [0, 0.1) is 0 Å². The van der Waals surface area contributed by atoms with Gasteiger partial charge < -0.3 is 14.9 Å². The van der Waals surface area contributed by atoms with Crippen molar-refractivity contribution in [2.45, 2.75) is 0 Å². The summed E-state index contributed by atoms with van der Waals surface area (Å²) in [4.78, 5) is 34.0. The normalized spacial score (nSPS) is 10.4. The summed E-state index contributed by atoms with van der Waals surface area (Å²) in [6.45, 7) is 0. The van der Waals surface area contributed by atoms with E-state index in [-0.39, 0.29) is 17.1 Å². The third-order valence-electron chi connectivity index (χ3n) is 3.24. The fourth-order valence-electron chi connectivity index (χ4n) is 2.05. The van der Waals surface area contributed by atoms with E-state index in [9.17, 15) is 14.7 Å². The minimum Gasteiger partial charge on any atom is -0.481 e. The zero-order chi connectivity index (χ0) is 18.0. The second-order valence-electron chi connectivity index (χ2n) is 4.78. The van der Waals surface area contributed by atoms with E-state index < -0.39 is 11.9 Å². The zero-order valence-electron chi connectivity index (χ0n) is 12.8. The highest BCUT2D eigenvalue weighted by atomic mass is 16.5. The fraction of sp³-hybridized carbons (Fsp3) is 0.0667. The van der Waals surface area contributed by atoms with Crippen molar-refractivity contribution >= 4 is 11.9 Å². The number of hydrogen-bond donors (Lipinski definition) is 2. The third kappa shape index (κ3) is 3.13. The highest BCUT2D eigenvalue weighted by Crippen LogP contribution is 2.22. The lowest BCUT2D eigenvalue weighted by atomic mass is 10.2. The van der Waals surface area contributed by atoms with Gasteiger partial charge in [0.1, 0.15) is 5.69 Å². The molecule has 3 rings (SSSR count). The van der Waals surface area contributed by atoms with Gasteiger partial charge in [-0.05, 0) is 6.07 Å². The molecule has 0 aliphatic carbocycles. The average Bonchev–Trinajstić information content (AvgIpc) is 3.07. The Hall–Kier alpha value is -3.82. The van der Waals surface area contributed by atoms with Crippen LogP contribution < -0.4 is 4.74 Å². The largest absolute Gasteiger partial charge is 0.481 e. The third-order valence-corrected chi connectivity index (χ3v) is 3.24. The molecule has 0 atom stereocenters. The molecule has 0 bridgehead atoms. The molecule has 0 saturated carbocycles. The number of methoxy groups -OCH3 is 1. The minimum atomic E-state index is -1.21. The van der Waals surface area contributed by atoms with Crippen LogP contribution in [0.5, 0.6) is 5.88 Å². The predicted octanol–water partition coefficient (Wildman–Crippen LogP) is 1.13. The molecular weight excluding hydrogens is 330 g/mol. The second-order valence-corrected chi connectivity index (χ2v) is 4.78. The topological polar surface area (TPSA) is 140 Å². The Morgan fingerprint density at radius 3 is 2.28 bits per heavy atom. The van der Waals surface area contributed by atoms with Gasteiger partial charge in [-0.25, -0.2) is 24.2 Å². The summed E-state index contributed by atoms with van der Waals surface area (Å²) in [7, 11) is 1.48. The SMILES string of the molecule is COc1ccc(-n2nc(C(=O)O)cc2-c2cnc(C(=O)O)cn2)cn1. The first-order chi connectivity index (χ1) is 12.0. The Balaban J connectivity index is 2.11. The van der Waals surface area contributed by atoms with Crippen LogP contribution >= 0.6 is 0 Å². The number of carbonyl (C=O) groups is 2. The Morgan fingerprint density at radius 1 is 1.00 bits per heavy atom. The van der Waals surface area contributed by atoms with Gasteiger partial charge in [0.15, 0.2) is 11.4 Å². The van der Waals surface area contributed by atoms with Crippen molar-refractivity contribution in [2.24, 2.45) is 0 Å². The van der Waals surface area contributed by atoms with Crippen molar-refractivity contribution in [1.82, 2.24) is 24.7 Å². The molecule has 3 heterocycles. The molecule has 0 aromatic carbocycles. The summed E-state index contributed by atoms with van der Waals surface area (Å²) in [5.74, 6) is -2.03. The number of aromatic carboxylic acids is 2. The van der Waals surface area contributed by atoms with E-state index in [1.165, 1.54) is 30.3 Å². The number of carboxylic acid groups (broad SMARTS) is 2. The maximum absolute atomic E-state index is 11.2. The van der Waals surface area contributed by atoms with E-state index in [2.05, 4.69) is 20.1 Å². The van der Waals surface area contributed by atoms with Crippen LogP contribution in [-0.4, -0.2) is 54.0 Å². The molecule has 0 aliphatic heterocycles. The van der Waals surface area contributed by atoms with Crippen molar-refractivity contribution in [3.05, 3.63) is 48.2 Å². The van der Waals surface area contributed by atoms with Gasteiger partial charge >= 0.3 is 11.9 Å². The standard InChI is InChI=1S/C15H11N5O5/c1-25-13-3-2-8(5-18-13)20-12(4-9(19-20)14(21)22)10-6-17-11(7-16-10)15(23)24/h2-7H,1H3,(H,21,22)(H,23,24). The first kappa shape index (κ1) is 16.1. The molecule has 0 spiro atoms. The quantitative estimate of drug-likeness (QED) is 0.698. The van der Waals surface area contributed by atoms with Gasteiger partial charge in [0.05, 0.1) is 37.1 Å². The second kappa shape index (κ2) is 6.35. The maximum atomic E-state index is 11.2. The molecule has 0 radical (unpaired) electrons. The molecule has 10 heteroatoms. The monoisotopic (exact) mass is 341 g/mol. The zero-order valence-corrected chi connectivity index (χ0v) is 12.8. The van der Waals surface area contributed by atoms with E-state index in [0.717, 1.165) is 6.20 Å². The average molecular weight is 341 g/mol. The minimum absolute atomic E-state index is 0.199. The number of hydrogen-bond acceptors (Lipinski definition) is 7. The van der Waals surface area contributed by atoms with E-state index in [1.807, 2.05) is 0 Å². The summed E-state index contributed by atoms with van der Waals surface area (Å²) >= 11 is 0. The Kier molecular flexibility index (Phi) is 4.08. The summed E-state index contributed by atoms with van der Waals surface area (Å²) in [6, 6.07) is 4.56. The van der Waals surface area contributed by atoms with Crippen LogP contribution in [0.2, 0.25) is 0 Å². The van der Waals surface area contributed by atoms with E-state index in [0.29, 0.717) is 17.3 Å². The fourth-order valence-corrected chi connectivity index (χ4v) is 2.05. The van der Waals surface area contributed by atoms with Gasteiger partial charge in [0, 0.05) is 12.1 Å². The van der Waals surface area contributed by atoms with Gasteiger partial charge in [0.2, 0.25) is 5.88 Å². The van der Waals surface area contributed by atoms with Crippen LogP contribution in [0.3, 0.4) is 0 Å². The van der Waals surface area contributed by atoms with Gasteiger partial charge in [-0.15, -0.1) is 0 Å². The molecule has 0 amide bonds. The molecule has 3 aromatic heterocycles. The van der Waals surface area contributed by atoms with Gasteiger partial charge in [-0.3, -0.25) is 4.98 Å². The summed E-state index contributed by atoms with van der Waals surface area (Å²) in [5, 5.41) is 22.1. The highest BCUT2D eigenvalue weighted by Gasteiger charge is 2.18. The molecule has 25 heavy (non-hydrogen) atoms. The van der Waals surface area contributed by atoms with Crippen LogP contribution in [-0.2, 0) is 0 Å². The molecule has 0 aliphatic rings. The number of ether oxygens (including phenoxy) is 1. The molecular formula is C15H11N5O5. The Morgan fingerprint density at radius 2 is 1.76 bits per heavy atom. The first-order valence-corrected chi connectivity index (χ1v) is 6.89. The lowest BCUT2D eigenvalue weighted by Crippen LogP contribution is -2.05. The number of carboxylic acids is 2. The molecule has 10 nitrogen and oxygen atoms in total. The number of pyridine rings is 1. The number of aromatic nitrogens is 5. The van der Waals surface area contributed by atoms with Crippen LogP contribution in [0.25, 0.3) is 17.1 Å². The van der Waals surface area contributed by atoms with E-state index in [1.54, 1.807) is 12.1 Å². The smallest absolute Gasteiger partial charge is 0.356 e. The highest BCUT2D eigenvalue weighted by molar-refractivity contribution is 5.87. The van der Waals surface area contributed by atoms with Crippen molar-refractivity contribution in [3.63, 3.8) is 0 Å². The maximum Gasteiger partial charge on any atom is 0.356 e. The van der Waals surface area contributed by atoms with Gasteiger partial charge in [0.25, 0.3) is 0 Å². The van der Waals surface area contributed by atoms with Crippen molar-refractivity contribution in [3.8, 4) is 23.0 Å². The molecule has 2 N–H and O–H groups in total. The summed E-state index contributed by atoms with van der Waals surface area (Å²) in [5.41, 5.74) is 0.649. The molecule has 0 unspecified atom stereocenters. The molecule has 0 saturated heterocycles. The van der Waals surface area contributed by atoms with Crippen molar-refractivity contribution in [2.75, 3.05) is 7.11 Å². The van der Waals surface area contributed by atoms with Crippen molar-refractivity contribution in [1.29, 1.82) is 0 Å². The molecule has 0 fully saturated rings. The molecule has 126 valence electrons. The van der Waals surface area contributed by atoms with E-state index >= 15 is 0 Å². The summed E-state index contributed by atoms with van der Waals surface area (Å²) < 4.78 is 6.32. The van der Waals surface area contributed by atoms with Gasteiger partial charge in [-0.2, -0.15) is 5.10 Å². The predicted molar refractivity (Wildman–Crippen MR) is 82.9 cm³/mol. The first-order valence-electron chi connectivity index (χ1n) is 6.89. The number of nitrogens with zero attached hydrogens (tertiary/aromatic N) is 5. The van der Waals surface area contributed by atoms with Crippen LogP contribution in [0.15, 0.2) is 36.8 Å². The molecule has 3 aromatic rings. The Labute approximate surface area is 140 Å². The van der Waals surface area contributed by atoms with Gasteiger partial charge in [-0.1, -0.05) is 0 Å². The van der Waals surface area contributed by atoms with E-state index in [4.69, 9.17) is 9.84 Å². The van der Waals surface area contributed by atoms with Crippen molar-refractivity contribution < 1.29 is 24.5 Å². The Bertz CT molecular complexity index is 934. The van der Waals surface area contributed by atoms with Crippen LogP contribution in [0.4, 0.5) is 0 Å². The lowest BCUT2D eigenvalue weighted by Gasteiger charge is -2.07.